The molecule has 0 saturated carbocycles. The molecule has 1 N–H and O–H groups in total. The minimum Gasteiger partial charge on any atom is -0.350 e. The van der Waals surface area contributed by atoms with Gasteiger partial charge in [0.05, 0.1) is 23.7 Å². The Bertz CT molecular complexity index is 862. The largest absolute Gasteiger partial charge is 0.350 e. The molecule has 0 saturated heterocycles. The summed E-state index contributed by atoms with van der Waals surface area (Å²) in [6.07, 6.45) is 1.70. The third kappa shape index (κ3) is 4.88. The van der Waals surface area contributed by atoms with Crippen LogP contribution in [0.1, 0.15) is 83.4 Å². The highest BCUT2D eigenvalue weighted by molar-refractivity contribution is 6.06. The Morgan fingerprint density at radius 1 is 1.21 bits per heavy atom. The second kappa shape index (κ2) is 8.29. The van der Waals surface area contributed by atoms with Gasteiger partial charge in [0.2, 0.25) is 5.91 Å². The number of rotatable bonds is 6. The maximum absolute atomic E-state index is 13.3. The zero-order chi connectivity index (χ0) is 21.2. The van der Waals surface area contributed by atoms with Crippen LogP contribution in [0.25, 0.3) is 11.0 Å². The van der Waals surface area contributed by atoms with Gasteiger partial charge in [-0.05, 0) is 53.5 Å². The number of carbonyl (C=O) groups is 2. The second-order valence-corrected chi connectivity index (χ2v) is 8.79. The van der Waals surface area contributed by atoms with E-state index in [9.17, 15) is 9.59 Å². The first-order valence-electron chi connectivity index (χ1n) is 9.93. The Hall–Kier alpha value is -2.44. The molecule has 0 fully saturated rings. The number of pyridine rings is 1. The van der Waals surface area contributed by atoms with Gasteiger partial charge in [-0.15, -0.1) is 0 Å². The van der Waals surface area contributed by atoms with Crippen LogP contribution in [0.4, 0.5) is 0 Å². The summed E-state index contributed by atoms with van der Waals surface area (Å²) in [5.41, 5.74) is 1.76. The summed E-state index contributed by atoms with van der Waals surface area (Å²) in [4.78, 5) is 32.0. The van der Waals surface area contributed by atoms with E-state index in [0.717, 1.165) is 11.1 Å². The Morgan fingerprint density at radius 3 is 2.36 bits per heavy atom. The van der Waals surface area contributed by atoms with Crippen LogP contribution >= 0.6 is 0 Å². The number of hydrogen-bond acceptors (Lipinski definition) is 4. The predicted octanol–water partition coefficient (Wildman–Crippen LogP) is 3.51. The van der Waals surface area contributed by atoms with Gasteiger partial charge < -0.3 is 10.2 Å². The summed E-state index contributed by atoms with van der Waals surface area (Å²) in [5.74, 6) is -0.176. The second-order valence-electron chi connectivity index (χ2n) is 8.79. The Kier molecular flexibility index (Phi) is 6.47. The summed E-state index contributed by atoms with van der Waals surface area (Å²) in [5, 5.41) is 8.07. The highest BCUT2D eigenvalue weighted by Crippen LogP contribution is 2.25. The van der Waals surface area contributed by atoms with Crippen molar-refractivity contribution in [3.63, 3.8) is 0 Å². The number of hydrogen-bond donors (Lipinski definition) is 1. The van der Waals surface area contributed by atoms with Crippen LogP contribution in [-0.4, -0.2) is 50.1 Å². The molecule has 7 nitrogen and oxygen atoms in total. The SMILES string of the molecule is CCN(CC(=O)NC(C)(C)C)C(=O)c1cc(C(C)C)nc2c1cnn2C(C)C. The number of amides is 2. The third-order valence-electron chi connectivity index (χ3n) is 4.42. The highest BCUT2D eigenvalue weighted by atomic mass is 16.2. The van der Waals surface area contributed by atoms with Crippen molar-refractivity contribution in [2.75, 3.05) is 13.1 Å². The Morgan fingerprint density at radius 2 is 1.86 bits per heavy atom. The number of nitrogens with zero attached hydrogens (tertiary/aromatic N) is 4. The lowest BCUT2D eigenvalue weighted by Crippen LogP contribution is -2.47. The fourth-order valence-electron chi connectivity index (χ4n) is 3.02. The van der Waals surface area contributed by atoms with Crippen molar-refractivity contribution in [3.8, 4) is 0 Å². The van der Waals surface area contributed by atoms with Crippen LogP contribution in [0.5, 0.6) is 0 Å². The average molecular weight is 388 g/mol. The molecule has 2 heterocycles. The van der Waals surface area contributed by atoms with Crippen molar-refractivity contribution < 1.29 is 9.59 Å². The number of carbonyl (C=O) groups excluding carboxylic acids is 2. The summed E-state index contributed by atoms with van der Waals surface area (Å²) in [6.45, 7) is 16.3. The van der Waals surface area contributed by atoms with Crippen molar-refractivity contribution in [3.05, 3.63) is 23.5 Å². The molecule has 0 aliphatic heterocycles. The molecule has 2 aromatic rings. The van der Waals surface area contributed by atoms with Crippen LogP contribution < -0.4 is 5.32 Å². The van der Waals surface area contributed by atoms with Crippen LogP contribution in [-0.2, 0) is 4.79 Å². The van der Waals surface area contributed by atoms with E-state index in [1.54, 1.807) is 11.1 Å². The normalized spacial score (nSPS) is 12.1. The Labute approximate surface area is 167 Å². The van der Waals surface area contributed by atoms with E-state index >= 15 is 0 Å². The number of likely N-dealkylation sites (N-methyl/N-ethyl adjacent to an activating group) is 1. The summed E-state index contributed by atoms with van der Waals surface area (Å²) in [6, 6.07) is 1.97. The molecule has 2 amide bonds. The molecular weight excluding hydrogens is 354 g/mol. The first kappa shape index (κ1) is 21.9. The molecule has 0 aliphatic carbocycles. The number of nitrogens with one attached hydrogen (secondary N) is 1. The van der Waals surface area contributed by atoms with Gasteiger partial charge in [-0.2, -0.15) is 5.10 Å². The van der Waals surface area contributed by atoms with Crippen molar-refractivity contribution in [2.45, 2.75) is 72.9 Å². The first-order valence-corrected chi connectivity index (χ1v) is 9.93. The molecule has 154 valence electrons. The van der Waals surface area contributed by atoms with Gasteiger partial charge >= 0.3 is 0 Å². The minimum atomic E-state index is -0.341. The molecule has 0 spiro atoms. The van der Waals surface area contributed by atoms with E-state index < -0.39 is 0 Å². The molecule has 28 heavy (non-hydrogen) atoms. The van der Waals surface area contributed by atoms with Gasteiger partial charge in [0, 0.05) is 23.8 Å². The standard InChI is InChI=1S/C21H33N5O2/c1-9-25(12-18(27)24-21(6,7)8)20(28)15-10-17(13(2)3)23-19-16(15)11-22-26(19)14(4)5/h10-11,13-14H,9,12H2,1-8H3,(H,24,27). The average Bonchev–Trinajstić information content (AvgIpc) is 3.00. The maximum Gasteiger partial charge on any atom is 0.255 e. The monoisotopic (exact) mass is 387 g/mol. The molecule has 0 bridgehead atoms. The summed E-state index contributed by atoms with van der Waals surface area (Å²) < 4.78 is 1.83. The smallest absolute Gasteiger partial charge is 0.255 e. The lowest BCUT2D eigenvalue weighted by atomic mass is 10.0. The molecule has 2 aromatic heterocycles. The quantitative estimate of drug-likeness (QED) is 0.822. The lowest BCUT2D eigenvalue weighted by Gasteiger charge is -2.25. The Balaban J connectivity index is 2.46. The van der Waals surface area contributed by atoms with E-state index in [2.05, 4.69) is 10.4 Å². The zero-order valence-corrected chi connectivity index (χ0v) is 18.3. The molecule has 0 radical (unpaired) electrons. The van der Waals surface area contributed by atoms with Gasteiger partial charge in [-0.25, -0.2) is 9.67 Å². The maximum atomic E-state index is 13.3. The predicted molar refractivity (Wildman–Crippen MR) is 111 cm³/mol. The van der Waals surface area contributed by atoms with Gasteiger partial charge in [0.25, 0.3) is 5.91 Å². The lowest BCUT2D eigenvalue weighted by molar-refractivity contribution is -0.123. The van der Waals surface area contributed by atoms with Gasteiger partial charge in [-0.3, -0.25) is 9.59 Å². The van der Waals surface area contributed by atoms with E-state index in [1.807, 2.05) is 66.1 Å². The third-order valence-corrected chi connectivity index (χ3v) is 4.42. The van der Waals surface area contributed by atoms with E-state index in [-0.39, 0.29) is 35.9 Å². The summed E-state index contributed by atoms with van der Waals surface area (Å²) >= 11 is 0. The topological polar surface area (TPSA) is 80.1 Å². The van der Waals surface area contributed by atoms with Crippen molar-refractivity contribution in [1.29, 1.82) is 0 Å². The van der Waals surface area contributed by atoms with Crippen molar-refractivity contribution in [2.24, 2.45) is 0 Å². The number of fused-ring (bicyclic) bond motifs is 1. The molecule has 0 unspecified atom stereocenters. The van der Waals surface area contributed by atoms with Crippen molar-refractivity contribution in [1.82, 2.24) is 25.0 Å². The minimum absolute atomic E-state index is 0.0196. The summed E-state index contributed by atoms with van der Waals surface area (Å²) in [7, 11) is 0. The van der Waals surface area contributed by atoms with Crippen LogP contribution in [0.15, 0.2) is 12.3 Å². The van der Waals surface area contributed by atoms with Gasteiger partial charge in [0.15, 0.2) is 5.65 Å². The van der Waals surface area contributed by atoms with E-state index in [4.69, 9.17) is 4.98 Å². The first-order chi connectivity index (χ1) is 12.9. The molecule has 0 atom stereocenters. The van der Waals surface area contributed by atoms with E-state index in [1.165, 1.54) is 0 Å². The van der Waals surface area contributed by atoms with Gasteiger partial charge in [-0.1, -0.05) is 13.8 Å². The van der Waals surface area contributed by atoms with Crippen molar-refractivity contribution >= 4 is 22.8 Å². The van der Waals surface area contributed by atoms with Crippen LogP contribution in [0.3, 0.4) is 0 Å². The molecule has 0 aliphatic rings. The fraction of sp³-hybridized carbons (Fsp3) is 0.619. The van der Waals surface area contributed by atoms with Gasteiger partial charge in [0.1, 0.15) is 0 Å². The highest BCUT2D eigenvalue weighted by Gasteiger charge is 2.24. The van der Waals surface area contributed by atoms with E-state index in [0.29, 0.717) is 17.8 Å². The zero-order valence-electron chi connectivity index (χ0n) is 18.3. The molecular formula is C21H33N5O2. The fourth-order valence-corrected chi connectivity index (χ4v) is 3.02. The van der Waals surface area contributed by atoms with Crippen LogP contribution in [0.2, 0.25) is 0 Å². The number of aromatic nitrogens is 3. The molecule has 7 heteroatoms. The molecule has 0 aromatic carbocycles. The molecule has 2 rings (SSSR count). The van der Waals surface area contributed by atoms with Crippen LogP contribution in [0, 0.1) is 0 Å².